The first-order valence-corrected chi connectivity index (χ1v) is 9.90. The van der Waals surface area contributed by atoms with Crippen molar-refractivity contribution in [1.82, 2.24) is 4.90 Å². The summed E-state index contributed by atoms with van der Waals surface area (Å²) in [5.74, 6) is 0.606. The Morgan fingerprint density at radius 1 is 1.07 bits per heavy atom. The van der Waals surface area contributed by atoms with Gasteiger partial charge in [0, 0.05) is 38.6 Å². The zero-order chi connectivity index (χ0) is 20.8. The highest BCUT2D eigenvalue weighted by Gasteiger charge is 2.23. The zero-order valence-corrected chi connectivity index (χ0v) is 17.2. The zero-order valence-electron chi connectivity index (χ0n) is 17.2. The van der Waals surface area contributed by atoms with E-state index in [-0.39, 0.29) is 5.91 Å². The van der Waals surface area contributed by atoms with Crippen molar-refractivity contribution in [3.05, 3.63) is 48.0 Å². The van der Waals surface area contributed by atoms with E-state index in [9.17, 15) is 9.59 Å². The number of hydrogen-bond donors (Lipinski definition) is 2. The van der Waals surface area contributed by atoms with Crippen molar-refractivity contribution < 1.29 is 14.3 Å². The van der Waals surface area contributed by atoms with Crippen molar-refractivity contribution in [1.29, 1.82) is 0 Å². The Morgan fingerprint density at radius 2 is 1.79 bits per heavy atom. The van der Waals surface area contributed by atoms with Gasteiger partial charge in [0.15, 0.2) is 0 Å². The maximum Gasteiger partial charge on any atom is 0.323 e. The highest BCUT2D eigenvalue weighted by molar-refractivity contribution is 6.04. The monoisotopic (exact) mass is 396 g/mol. The van der Waals surface area contributed by atoms with Crippen LogP contribution in [0.3, 0.4) is 0 Å². The van der Waals surface area contributed by atoms with Crippen molar-refractivity contribution in [2.24, 2.45) is 0 Å². The number of amides is 3. The lowest BCUT2D eigenvalue weighted by atomic mass is 10.1. The lowest BCUT2D eigenvalue weighted by Gasteiger charge is -2.22. The van der Waals surface area contributed by atoms with E-state index in [4.69, 9.17) is 4.74 Å². The van der Waals surface area contributed by atoms with E-state index in [1.165, 1.54) is 0 Å². The second-order valence-corrected chi connectivity index (χ2v) is 7.13. The van der Waals surface area contributed by atoms with Crippen LogP contribution in [0.1, 0.15) is 30.1 Å². The summed E-state index contributed by atoms with van der Waals surface area (Å²) in [6, 6.07) is 12.3. The van der Waals surface area contributed by atoms with E-state index in [0.29, 0.717) is 29.3 Å². The van der Waals surface area contributed by atoms with Crippen LogP contribution < -0.4 is 20.3 Å². The van der Waals surface area contributed by atoms with Gasteiger partial charge in [-0.25, -0.2) is 4.79 Å². The van der Waals surface area contributed by atoms with Crippen molar-refractivity contribution in [3.63, 3.8) is 0 Å². The molecule has 2 aromatic rings. The molecule has 7 nitrogen and oxygen atoms in total. The Kier molecular flexibility index (Phi) is 6.59. The minimum absolute atomic E-state index is 0.00282. The number of nitrogens with one attached hydrogen (secondary N) is 2. The molecule has 1 saturated heterocycles. The predicted octanol–water partition coefficient (Wildman–Crippen LogP) is 4.03. The van der Waals surface area contributed by atoms with E-state index in [0.717, 1.165) is 31.6 Å². The number of hydrogen-bond acceptors (Lipinski definition) is 4. The molecule has 1 heterocycles. The summed E-state index contributed by atoms with van der Waals surface area (Å²) < 4.78 is 5.54. The average Bonchev–Trinajstić information content (AvgIpc) is 3.23. The summed E-state index contributed by atoms with van der Waals surface area (Å²) in [6.07, 6.45) is 2.06. The summed E-state index contributed by atoms with van der Waals surface area (Å²) in [5, 5.41) is 5.62. The third kappa shape index (κ3) is 4.99. The number of likely N-dealkylation sites (tertiary alicyclic amines) is 1. The molecule has 2 aromatic carbocycles. The van der Waals surface area contributed by atoms with Gasteiger partial charge in [0.1, 0.15) is 5.75 Å². The second-order valence-electron chi connectivity index (χ2n) is 7.13. The third-order valence-corrected chi connectivity index (χ3v) is 4.80. The maximum absolute atomic E-state index is 13.0. The highest BCUT2D eigenvalue weighted by atomic mass is 16.5. The minimum Gasteiger partial charge on any atom is -0.492 e. The summed E-state index contributed by atoms with van der Waals surface area (Å²) in [6.45, 7) is 3.95. The van der Waals surface area contributed by atoms with Crippen LogP contribution >= 0.6 is 0 Å². The van der Waals surface area contributed by atoms with E-state index < -0.39 is 6.03 Å². The van der Waals surface area contributed by atoms with Gasteiger partial charge in [0.05, 0.1) is 17.9 Å². The molecule has 3 rings (SSSR count). The van der Waals surface area contributed by atoms with Gasteiger partial charge in [0.25, 0.3) is 5.91 Å². The van der Waals surface area contributed by atoms with Gasteiger partial charge in [-0.2, -0.15) is 0 Å². The number of ether oxygens (including phenoxy) is 1. The fourth-order valence-electron chi connectivity index (χ4n) is 3.40. The standard InChI is InChI=1S/C22H28N4O3/c1-4-29-20-10-6-5-9-18(20)24-22(28)23-16-11-12-19(25(2)3)17(15-16)21(27)26-13-7-8-14-26/h5-6,9-12,15H,4,7-8,13-14H2,1-3H3,(H2,23,24,28). The summed E-state index contributed by atoms with van der Waals surface area (Å²) in [7, 11) is 3.81. The van der Waals surface area contributed by atoms with E-state index in [2.05, 4.69) is 10.6 Å². The Bertz CT molecular complexity index is 876. The molecule has 29 heavy (non-hydrogen) atoms. The van der Waals surface area contributed by atoms with Crippen molar-refractivity contribution >= 4 is 29.0 Å². The van der Waals surface area contributed by atoms with Crippen LogP contribution in [-0.4, -0.2) is 50.6 Å². The number of carbonyl (C=O) groups excluding carboxylic acids is 2. The van der Waals surface area contributed by atoms with Crippen LogP contribution in [0.2, 0.25) is 0 Å². The highest BCUT2D eigenvalue weighted by Crippen LogP contribution is 2.27. The molecule has 0 aromatic heterocycles. The van der Waals surface area contributed by atoms with Crippen LogP contribution in [0.4, 0.5) is 21.9 Å². The Labute approximate surface area is 171 Å². The van der Waals surface area contributed by atoms with E-state index in [1.807, 2.05) is 49.0 Å². The molecule has 1 aliphatic rings. The lowest BCUT2D eigenvalue weighted by Crippen LogP contribution is -2.29. The number of carbonyl (C=O) groups is 2. The Balaban J connectivity index is 1.78. The average molecular weight is 396 g/mol. The normalized spacial score (nSPS) is 13.1. The molecule has 0 saturated carbocycles. The molecule has 0 bridgehead atoms. The summed E-state index contributed by atoms with van der Waals surface area (Å²) in [4.78, 5) is 29.3. The van der Waals surface area contributed by atoms with Gasteiger partial charge >= 0.3 is 6.03 Å². The fraction of sp³-hybridized carbons (Fsp3) is 0.364. The molecule has 0 spiro atoms. The first-order chi connectivity index (χ1) is 14.0. The first kappa shape index (κ1) is 20.5. The molecule has 1 fully saturated rings. The predicted molar refractivity (Wildman–Crippen MR) is 116 cm³/mol. The van der Waals surface area contributed by atoms with Gasteiger partial charge < -0.3 is 25.2 Å². The first-order valence-electron chi connectivity index (χ1n) is 9.90. The number of rotatable bonds is 6. The van der Waals surface area contributed by atoms with Crippen molar-refractivity contribution in [2.75, 3.05) is 49.3 Å². The molecule has 154 valence electrons. The van der Waals surface area contributed by atoms with Crippen molar-refractivity contribution in [3.8, 4) is 5.75 Å². The lowest BCUT2D eigenvalue weighted by molar-refractivity contribution is 0.0793. The van der Waals surface area contributed by atoms with Gasteiger partial charge in [-0.15, -0.1) is 0 Å². The molecular formula is C22H28N4O3. The third-order valence-electron chi connectivity index (χ3n) is 4.80. The van der Waals surface area contributed by atoms with Crippen LogP contribution in [0.5, 0.6) is 5.75 Å². The fourth-order valence-corrected chi connectivity index (χ4v) is 3.40. The molecule has 0 aliphatic carbocycles. The molecule has 1 aliphatic heterocycles. The van der Waals surface area contributed by atoms with Crippen LogP contribution in [0, 0.1) is 0 Å². The molecular weight excluding hydrogens is 368 g/mol. The molecule has 2 N–H and O–H groups in total. The topological polar surface area (TPSA) is 73.9 Å². The smallest absolute Gasteiger partial charge is 0.323 e. The van der Waals surface area contributed by atoms with Crippen molar-refractivity contribution in [2.45, 2.75) is 19.8 Å². The van der Waals surface area contributed by atoms with E-state index >= 15 is 0 Å². The number of para-hydroxylation sites is 2. The number of benzene rings is 2. The number of urea groups is 1. The Hall–Kier alpha value is -3.22. The SMILES string of the molecule is CCOc1ccccc1NC(=O)Nc1ccc(N(C)C)c(C(=O)N2CCCC2)c1. The van der Waals surface area contributed by atoms with Gasteiger partial charge in [-0.3, -0.25) is 4.79 Å². The van der Waals surface area contributed by atoms with E-state index in [1.54, 1.807) is 24.3 Å². The van der Waals surface area contributed by atoms with Crippen LogP contribution in [0.25, 0.3) is 0 Å². The second kappa shape index (κ2) is 9.32. The summed E-state index contributed by atoms with van der Waals surface area (Å²) >= 11 is 0. The molecule has 0 radical (unpaired) electrons. The van der Waals surface area contributed by atoms with Crippen LogP contribution in [0.15, 0.2) is 42.5 Å². The van der Waals surface area contributed by atoms with Gasteiger partial charge in [-0.05, 0) is 50.1 Å². The van der Waals surface area contributed by atoms with Gasteiger partial charge in [-0.1, -0.05) is 12.1 Å². The molecule has 7 heteroatoms. The quantitative estimate of drug-likeness (QED) is 0.773. The molecule has 0 unspecified atom stereocenters. The largest absolute Gasteiger partial charge is 0.492 e. The maximum atomic E-state index is 13.0. The molecule has 0 atom stereocenters. The Morgan fingerprint density at radius 3 is 2.48 bits per heavy atom. The summed E-state index contributed by atoms with van der Waals surface area (Å²) in [5.41, 5.74) is 2.56. The van der Waals surface area contributed by atoms with Gasteiger partial charge in [0.2, 0.25) is 0 Å². The van der Waals surface area contributed by atoms with Crippen LogP contribution in [-0.2, 0) is 0 Å². The number of anilines is 3. The number of nitrogens with zero attached hydrogens (tertiary/aromatic N) is 2. The minimum atomic E-state index is -0.394. The molecule has 3 amide bonds.